The molecule has 0 nitrogen and oxygen atoms in total. The Morgan fingerprint density at radius 1 is 1.23 bits per heavy atom. The summed E-state index contributed by atoms with van der Waals surface area (Å²) >= 11 is 0. The highest BCUT2D eigenvalue weighted by atomic mass is 14.1. The van der Waals surface area contributed by atoms with Crippen LogP contribution in [0, 0.1) is 6.08 Å². The molecule has 73 valence electrons. The van der Waals surface area contributed by atoms with Gasteiger partial charge in [-0.15, -0.1) is 0 Å². The molecule has 0 aromatic heterocycles. The van der Waals surface area contributed by atoms with Gasteiger partial charge >= 0.3 is 0 Å². The van der Waals surface area contributed by atoms with Gasteiger partial charge in [0.2, 0.25) is 0 Å². The molecule has 0 aromatic carbocycles. The Balaban J connectivity index is 2.18. The molecule has 13 heavy (non-hydrogen) atoms. The van der Waals surface area contributed by atoms with Gasteiger partial charge in [0, 0.05) is 0 Å². The van der Waals surface area contributed by atoms with Crippen LogP contribution < -0.4 is 0 Å². The minimum absolute atomic E-state index is 1.06. The van der Waals surface area contributed by atoms with Crippen LogP contribution in [0.4, 0.5) is 0 Å². The highest BCUT2D eigenvalue weighted by Gasteiger charge is 2.07. The van der Waals surface area contributed by atoms with Gasteiger partial charge in [-0.05, 0) is 42.9 Å². The number of rotatable bonds is 6. The third-order valence-electron chi connectivity index (χ3n) is 2.71. The smallest absolute Gasteiger partial charge is 0.00857 e. The molecule has 0 atom stereocenters. The van der Waals surface area contributed by atoms with E-state index in [1.54, 1.807) is 5.57 Å². The Labute approximate surface area is 82.7 Å². The summed E-state index contributed by atoms with van der Waals surface area (Å²) < 4.78 is 0. The fourth-order valence-corrected chi connectivity index (χ4v) is 1.87. The maximum atomic E-state index is 3.46. The minimum Gasteiger partial charge on any atom is -0.0766 e. The largest absolute Gasteiger partial charge is 0.0766 e. The van der Waals surface area contributed by atoms with Crippen molar-refractivity contribution in [1.29, 1.82) is 0 Å². The second-order valence-electron chi connectivity index (χ2n) is 3.75. The van der Waals surface area contributed by atoms with E-state index in [1.165, 1.54) is 44.1 Å². The Morgan fingerprint density at radius 2 is 2.08 bits per heavy atom. The first kappa shape index (κ1) is 10.6. The lowest BCUT2D eigenvalue weighted by atomic mass is 10.0. The summed E-state index contributed by atoms with van der Waals surface area (Å²) in [7, 11) is 0. The summed E-state index contributed by atoms with van der Waals surface area (Å²) in [5.74, 6) is 0. The molecule has 1 radical (unpaired) electrons. The van der Waals surface area contributed by atoms with E-state index in [0.717, 1.165) is 6.42 Å². The third-order valence-corrected chi connectivity index (χ3v) is 2.71. The summed E-state index contributed by atoms with van der Waals surface area (Å²) in [4.78, 5) is 0. The predicted octanol–water partition coefficient (Wildman–Crippen LogP) is 4.43. The Kier molecular flexibility index (Phi) is 4.88. The zero-order valence-electron chi connectivity index (χ0n) is 9.03. The zero-order valence-corrected chi connectivity index (χ0v) is 9.03. The average Bonchev–Trinajstić information content (AvgIpc) is 2.60. The summed E-state index contributed by atoms with van der Waals surface area (Å²) in [6, 6.07) is 0. The standard InChI is InChI=1S/C13H21/c1-3-5-6-7-9-13-11-8-10-12(13)4-2/h10H,3-9H2,1-2H3. The van der Waals surface area contributed by atoms with Gasteiger partial charge in [-0.25, -0.2) is 0 Å². The molecule has 0 amide bonds. The molecular formula is C13H21. The van der Waals surface area contributed by atoms with Crippen LogP contribution in [0.5, 0.6) is 0 Å². The normalized spacial score (nSPS) is 15.8. The van der Waals surface area contributed by atoms with Gasteiger partial charge in [-0.3, -0.25) is 0 Å². The van der Waals surface area contributed by atoms with E-state index in [-0.39, 0.29) is 0 Å². The topological polar surface area (TPSA) is 0 Å². The van der Waals surface area contributed by atoms with E-state index >= 15 is 0 Å². The number of hydrogen-bond acceptors (Lipinski definition) is 0. The second kappa shape index (κ2) is 6.01. The fourth-order valence-electron chi connectivity index (χ4n) is 1.87. The quantitative estimate of drug-likeness (QED) is 0.527. The van der Waals surface area contributed by atoms with Crippen LogP contribution in [-0.4, -0.2) is 0 Å². The molecule has 1 aliphatic carbocycles. The molecular weight excluding hydrogens is 156 g/mol. The number of allylic oxidation sites excluding steroid dienone is 4. The van der Waals surface area contributed by atoms with E-state index in [1.807, 2.05) is 0 Å². The zero-order chi connectivity index (χ0) is 9.52. The lowest BCUT2D eigenvalue weighted by Gasteiger charge is -2.05. The maximum Gasteiger partial charge on any atom is -0.00857 e. The van der Waals surface area contributed by atoms with Crippen LogP contribution >= 0.6 is 0 Å². The van der Waals surface area contributed by atoms with Crippen molar-refractivity contribution in [3.63, 3.8) is 0 Å². The van der Waals surface area contributed by atoms with Gasteiger partial charge in [0.15, 0.2) is 0 Å². The van der Waals surface area contributed by atoms with Crippen molar-refractivity contribution in [2.75, 3.05) is 0 Å². The molecule has 0 saturated carbocycles. The number of hydrogen-bond donors (Lipinski definition) is 0. The molecule has 0 heterocycles. The van der Waals surface area contributed by atoms with E-state index in [0.29, 0.717) is 0 Å². The predicted molar refractivity (Wildman–Crippen MR) is 58.5 cm³/mol. The molecule has 1 aliphatic rings. The average molecular weight is 177 g/mol. The van der Waals surface area contributed by atoms with Gasteiger partial charge in [0.1, 0.15) is 0 Å². The van der Waals surface area contributed by atoms with Crippen molar-refractivity contribution in [3.8, 4) is 0 Å². The first-order valence-electron chi connectivity index (χ1n) is 5.67. The van der Waals surface area contributed by atoms with Crippen molar-refractivity contribution < 1.29 is 0 Å². The molecule has 0 fully saturated rings. The van der Waals surface area contributed by atoms with Gasteiger partial charge in [-0.2, -0.15) is 0 Å². The van der Waals surface area contributed by atoms with E-state index in [4.69, 9.17) is 0 Å². The van der Waals surface area contributed by atoms with Crippen molar-refractivity contribution >= 4 is 0 Å². The second-order valence-corrected chi connectivity index (χ2v) is 3.75. The third kappa shape index (κ3) is 3.38. The minimum atomic E-state index is 1.06. The first-order valence-corrected chi connectivity index (χ1v) is 5.67. The van der Waals surface area contributed by atoms with Crippen LogP contribution in [0.3, 0.4) is 0 Å². The van der Waals surface area contributed by atoms with Gasteiger partial charge in [0.25, 0.3) is 0 Å². The highest BCUT2D eigenvalue weighted by Crippen LogP contribution is 2.25. The maximum absolute atomic E-state index is 3.46. The summed E-state index contributed by atoms with van der Waals surface area (Å²) in [5, 5.41) is 0. The summed E-state index contributed by atoms with van der Waals surface area (Å²) in [6.45, 7) is 4.50. The van der Waals surface area contributed by atoms with Crippen LogP contribution in [0.2, 0.25) is 0 Å². The molecule has 0 unspecified atom stereocenters. The first-order chi connectivity index (χ1) is 6.38. The Bertz CT molecular complexity index is 196. The number of unbranched alkanes of at least 4 members (excludes halogenated alkanes) is 3. The highest BCUT2D eigenvalue weighted by molar-refractivity contribution is 5.33. The molecule has 0 bridgehead atoms. The van der Waals surface area contributed by atoms with Gasteiger partial charge in [0.05, 0.1) is 0 Å². The fraction of sp³-hybridized carbons (Fsp3) is 0.692. The molecule has 0 aliphatic heterocycles. The van der Waals surface area contributed by atoms with Crippen LogP contribution in [0.15, 0.2) is 17.2 Å². The van der Waals surface area contributed by atoms with E-state index < -0.39 is 0 Å². The SMILES string of the molecule is CCCCCCC1=[C]CC=C1CC. The van der Waals surface area contributed by atoms with Crippen molar-refractivity contribution in [1.82, 2.24) is 0 Å². The van der Waals surface area contributed by atoms with Crippen molar-refractivity contribution in [2.24, 2.45) is 0 Å². The van der Waals surface area contributed by atoms with Gasteiger partial charge < -0.3 is 0 Å². The van der Waals surface area contributed by atoms with Crippen molar-refractivity contribution in [2.45, 2.75) is 58.8 Å². The van der Waals surface area contributed by atoms with Crippen LogP contribution in [-0.2, 0) is 0 Å². The van der Waals surface area contributed by atoms with E-state index in [2.05, 4.69) is 26.0 Å². The lowest BCUT2D eigenvalue weighted by Crippen LogP contribution is -1.86. The lowest BCUT2D eigenvalue weighted by molar-refractivity contribution is 0.664. The Hall–Kier alpha value is -0.520. The van der Waals surface area contributed by atoms with Crippen molar-refractivity contribution in [3.05, 3.63) is 23.3 Å². The molecule has 0 aromatic rings. The summed E-state index contributed by atoms with van der Waals surface area (Å²) in [5.41, 5.74) is 3.06. The molecule has 0 N–H and O–H groups in total. The van der Waals surface area contributed by atoms with Gasteiger partial charge in [-0.1, -0.05) is 39.2 Å². The van der Waals surface area contributed by atoms with Crippen LogP contribution in [0.1, 0.15) is 58.8 Å². The summed E-state index contributed by atoms with van der Waals surface area (Å²) in [6.07, 6.45) is 14.8. The van der Waals surface area contributed by atoms with E-state index in [9.17, 15) is 0 Å². The molecule has 1 rings (SSSR count). The monoisotopic (exact) mass is 177 g/mol. The van der Waals surface area contributed by atoms with Crippen LogP contribution in [0.25, 0.3) is 0 Å². The molecule has 0 heteroatoms. The molecule has 0 saturated heterocycles. The Morgan fingerprint density at radius 3 is 2.77 bits per heavy atom. The molecule has 0 spiro atoms.